The van der Waals surface area contributed by atoms with Crippen molar-refractivity contribution < 1.29 is 9.53 Å². The van der Waals surface area contributed by atoms with E-state index >= 15 is 0 Å². The molecule has 1 amide bonds. The second-order valence-electron chi connectivity index (χ2n) is 5.32. The fourth-order valence-electron chi connectivity index (χ4n) is 2.75. The van der Waals surface area contributed by atoms with Gasteiger partial charge >= 0.3 is 0 Å². The zero-order valence-corrected chi connectivity index (χ0v) is 11.1. The van der Waals surface area contributed by atoms with Gasteiger partial charge in [-0.2, -0.15) is 0 Å². The molecule has 0 bridgehead atoms. The van der Waals surface area contributed by atoms with Crippen molar-refractivity contribution in [2.45, 2.75) is 18.9 Å². The molecule has 5 nitrogen and oxygen atoms in total. The number of carbonyl (C=O) groups excluding carboxylic acids is 1. The van der Waals surface area contributed by atoms with Crippen molar-refractivity contribution in [1.29, 1.82) is 0 Å². The van der Waals surface area contributed by atoms with E-state index in [0.29, 0.717) is 12.0 Å². The van der Waals surface area contributed by atoms with Gasteiger partial charge in [-0.3, -0.25) is 4.79 Å². The first kappa shape index (κ1) is 12.3. The molecule has 0 aromatic heterocycles. The maximum atomic E-state index is 12.1. The van der Waals surface area contributed by atoms with Gasteiger partial charge in [0.15, 0.2) is 6.61 Å². The van der Waals surface area contributed by atoms with Crippen LogP contribution in [0.3, 0.4) is 0 Å². The summed E-state index contributed by atoms with van der Waals surface area (Å²) in [6.07, 6.45) is 2.01. The summed E-state index contributed by atoms with van der Waals surface area (Å²) >= 11 is 0. The lowest BCUT2D eigenvalue weighted by atomic mass is 9.80. The SMILES string of the molecule is CNc1ccc2c(c1)N(CC1CC(N)C1)C(=O)CO2. The molecule has 1 aliphatic carbocycles. The van der Waals surface area contributed by atoms with E-state index in [4.69, 9.17) is 10.5 Å². The third-order valence-corrected chi connectivity index (χ3v) is 3.90. The number of nitrogens with one attached hydrogen (secondary N) is 1. The third kappa shape index (κ3) is 2.26. The highest BCUT2D eigenvalue weighted by Gasteiger charge is 2.33. The summed E-state index contributed by atoms with van der Waals surface area (Å²) in [5.41, 5.74) is 7.65. The van der Waals surface area contributed by atoms with E-state index in [-0.39, 0.29) is 12.5 Å². The summed E-state index contributed by atoms with van der Waals surface area (Å²) in [5, 5.41) is 3.09. The van der Waals surface area contributed by atoms with Crippen LogP contribution in [0, 0.1) is 5.92 Å². The van der Waals surface area contributed by atoms with Crippen molar-refractivity contribution in [2.75, 3.05) is 30.4 Å². The maximum Gasteiger partial charge on any atom is 0.265 e. The van der Waals surface area contributed by atoms with Crippen molar-refractivity contribution in [3.8, 4) is 5.75 Å². The van der Waals surface area contributed by atoms with Crippen LogP contribution < -0.4 is 20.7 Å². The van der Waals surface area contributed by atoms with Crippen LogP contribution in [-0.2, 0) is 4.79 Å². The Bertz CT molecular complexity index is 497. The van der Waals surface area contributed by atoms with Crippen molar-refractivity contribution in [3.63, 3.8) is 0 Å². The molecule has 1 aliphatic heterocycles. The molecule has 5 heteroatoms. The monoisotopic (exact) mass is 261 g/mol. The Labute approximate surface area is 112 Å². The minimum Gasteiger partial charge on any atom is -0.482 e. The van der Waals surface area contributed by atoms with Gasteiger partial charge in [-0.1, -0.05) is 0 Å². The number of anilines is 2. The van der Waals surface area contributed by atoms with Gasteiger partial charge < -0.3 is 20.7 Å². The second-order valence-corrected chi connectivity index (χ2v) is 5.32. The Morgan fingerprint density at radius 3 is 2.95 bits per heavy atom. The molecule has 0 unspecified atom stereocenters. The third-order valence-electron chi connectivity index (χ3n) is 3.90. The standard InChI is InChI=1S/C14H19N3O2/c1-16-11-2-3-13-12(6-11)17(14(18)8-19-13)7-9-4-10(15)5-9/h2-3,6,9-10,16H,4-5,7-8,15H2,1H3. The maximum absolute atomic E-state index is 12.1. The molecule has 1 fully saturated rings. The smallest absolute Gasteiger partial charge is 0.265 e. The largest absolute Gasteiger partial charge is 0.482 e. The highest BCUT2D eigenvalue weighted by atomic mass is 16.5. The van der Waals surface area contributed by atoms with Crippen molar-refractivity contribution in [3.05, 3.63) is 18.2 Å². The van der Waals surface area contributed by atoms with Gasteiger partial charge in [-0.25, -0.2) is 0 Å². The lowest BCUT2D eigenvalue weighted by Gasteiger charge is -2.38. The van der Waals surface area contributed by atoms with Crippen molar-refractivity contribution in [1.82, 2.24) is 0 Å². The van der Waals surface area contributed by atoms with Crippen LogP contribution >= 0.6 is 0 Å². The number of nitrogens with zero attached hydrogens (tertiary/aromatic N) is 1. The van der Waals surface area contributed by atoms with Gasteiger partial charge in [0.05, 0.1) is 5.69 Å². The number of hydrogen-bond acceptors (Lipinski definition) is 4. The quantitative estimate of drug-likeness (QED) is 0.857. The molecular formula is C14H19N3O2. The predicted molar refractivity (Wildman–Crippen MR) is 74.5 cm³/mol. The molecule has 102 valence electrons. The van der Waals surface area contributed by atoms with E-state index in [9.17, 15) is 4.79 Å². The summed E-state index contributed by atoms with van der Waals surface area (Å²) in [5.74, 6) is 1.33. The highest BCUT2D eigenvalue weighted by Crippen LogP contribution is 2.37. The van der Waals surface area contributed by atoms with Crippen LogP contribution in [0.15, 0.2) is 18.2 Å². The van der Waals surface area contributed by atoms with Crippen LogP contribution in [-0.4, -0.2) is 32.1 Å². The molecule has 1 heterocycles. The molecular weight excluding hydrogens is 242 g/mol. The molecule has 0 spiro atoms. The Balaban J connectivity index is 1.85. The van der Waals surface area contributed by atoms with E-state index < -0.39 is 0 Å². The topological polar surface area (TPSA) is 67.6 Å². The average Bonchev–Trinajstić information content (AvgIpc) is 2.39. The number of ether oxygens (including phenoxy) is 1. The molecule has 19 heavy (non-hydrogen) atoms. The molecule has 1 saturated carbocycles. The first-order valence-corrected chi connectivity index (χ1v) is 6.68. The first-order chi connectivity index (χ1) is 9.17. The highest BCUT2D eigenvalue weighted by molar-refractivity contribution is 5.98. The van der Waals surface area contributed by atoms with Crippen LogP contribution in [0.25, 0.3) is 0 Å². The molecule has 1 aromatic rings. The molecule has 0 radical (unpaired) electrons. The molecule has 3 N–H and O–H groups in total. The summed E-state index contributed by atoms with van der Waals surface area (Å²) < 4.78 is 5.48. The van der Waals surface area contributed by atoms with E-state index in [2.05, 4.69) is 5.32 Å². The summed E-state index contributed by atoms with van der Waals surface area (Å²) in [4.78, 5) is 13.9. The first-order valence-electron chi connectivity index (χ1n) is 6.68. The predicted octanol–water partition coefficient (Wildman–Crippen LogP) is 1.19. The van der Waals surface area contributed by atoms with Crippen LogP contribution in [0.5, 0.6) is 5.75 Å². The van der Waals surface area contributed by atoms with Crippen molar-refractivity contribution >= 4 is 17.3 Å². The fourth-order valence-corrected chi connectivity index (χ4v) is 2.75. The van der Waals surface area contributed by atoms with Gasteiger partial charge in [0.1, 0.15) is 5.75 Å². The van der Waals surface area contributed by atoms with Crippen LogP contribution in [0.4, 0.5) is 11.4 Å². The Hall–Kier alpha value is -1.75. The number of fused-ring (bicyclic) bond motifs is 1. The summed E-state index contributed by atoms with van der Waals surface area (Å²) in [6, 6.07) is 6.13. The van der Waals surface area contributed by atoms with Gasteiger partial charge in [0, 0.05) is 25.3 Å². The van der Waals surface area contributed by atoms with Gasteiger partial charge in [-0.15, -0.1) is 0 Å². The molecule has 0 atom stereocenters. The van der Waals surface area contributed by atoms with Crippen LogP contribution in [0.2, 0.25) is 0 Å². The number of benzene rings is 1. The zero-order chi connectivity index (χ0) is 13.4. The Kier molecular flexibility index (Phi) is 3.06. The lowest BCUT2D eigenvalue weighted by molar-refractivity contribution is -0.121. The summed E-state index contributed by atoms with van der Waals surface area (Å²) in [7, 11) is 1.86. The van der Waals surface area contributed by atoms with Gasteiger partial charge in [-0.05, 0) is 37.0 Å². The molecule has 2 aliphatic rings. The van der Waals surface area contributed by atoms with Crippen LogP contribution in [0.1, 0.15) is 12.8 Å². The molecule has 1 aromatic carbocycles. The second kappa shape index (κ2) is 4.74. The number of carbonyl (C=O) groups is 1. The number of nitrogens with two attached hydrogens (primary N) is 1. The normalized spacial score (nSPS) is 25.4. The lowest BCUT2D eigenvalue weighted by Crippen LogP contribution is -2.47. The average molecular weight is 261 g/mol. The fraction of sp³-hybridized carbons (Fsp3) is 0.500. The number of amides is 1. The zero-order valence-electron chi connectivity index (χ0n) is 11.1. The van der Waals surface area contributed by atoms with E-state index in [1.165, 1.54) is 0 Å². The summed E-state index contributed by atoms with van der Waals surface area (Å²) in [6.45, 7) is 0.876. The van der Waals surface area contributed by atoms with E-state index in [1.54, 1.807) is 0 Å². The molecule has 0 saturated heterocycles. The van der Waals surface area contributed by atoms with Crippen molar-refractivity contribution in [2.24, 2.45) is 11.7 Å². The minimum absolute atomic E-state index is 0.0289. The van der Waals surface area contributed by atoms with Gasteiger partial charge in [0.2, 0.25) is 0 Å². The Morgan fingerprint density at radius 2 is 2.26 bits per heavy atom. The van der Waals surface area contributed by atoms with E-state index in [0.717, 1.165) is 36.5 Å². The Morgan fingerprint density at radius 1 is 1.47 bits per heavy atom. The molecule has 3 rings (SSSR count). The number of rotatable bonds is 3. The van der Waals surface area contributed by atoms with E-state index in [1.807, 2.05) is 30.1 Å². The van der Waals surface area contributed by atoms with Gasteiger partial charge in [0.25, 0.3) is 5.91 Å². The number of hydrogen-bond donors (Lipinski definition) is 2. The minimum atomic E-state index is 0.0289.